The van der Waals surface area contributed by atoms with Gasteiger partial charge in [-0.2, -0.15) is 5.10 Å². The molecule has 6 nitrogen and oxygen atoms in total. The molecule has 0 aliphatic heterocycles. The van der Waals surface area contributed by atoms with Crippen LogP contribution in [0.3, 0.4) is 0 Å². The highest BCUT2D eigenvalue weighted by molar-refractivity contribution is 5.92. The van der Waals surface area contributed by atoms with Crippen molar-refractivity contribution in [3.63, 3.8) is 0 Å². The molecule has 1 saturated carbocycles. The Kier molecular flexibility index (Phi) is 3.63. The number of anilines is 1. The van der Waals surface area contributed by atoms with Crippen molar-refractivity contribution >= 4 is 11.8 Å². The van der Waals surface area contributed by atoms with Crippen LogP contribution in [0, 0.1) is 6.92 Å². The van der Waals surface area contributed by atoms with Crippen LogP contribution in [0.15, 0.2) is 11.1 Å². The molecule has 0 saturated heterocycles. The van der Waals surface area contributed by atoms with Crippen molar-refractivity contribution in [2.45, 2.75) is 38.6 Å². The fourth-order valence-electron chi connectivity index (χ4n) is 2.06. The number of hydrazine groups is 1. The maximum Gasteiger partial charge on any atom is 0.211 e. The van der Waals surface area contributed by atoms with Gasteiger partial charge in [0.15, 0.2) is 5.82 Å². The Morgan fingerprint density at radius 3 is 2.76 bits per heavy atom. The standard InChI is InChI=1S/C11H20N6/c1-8-7-10(16-17(8)2)14-11(15-12)13-9-5-3-4-6-9/h7,9H,3-6,12H2,1-2H3,(H2,13,14,15,16). The molecule has 1 fully saturated rings. The highest BCUT2D eigenvalue weighted by Crippen LogP contribution is 2.20. The summed E-state index contributed by atoms with van der Waals surface area (Å²) >= 11 is 0. The third kappa shape index (κ3) is 2.97. The number of hydrogen-bond donors (Lipinski definition) is 3. The van der Waals surface area contributed by atoms with Gasteiger partial charge in [0.1, 0.15) is 0 Å². The smallest absolute Gasteiger partial charge is 0.211 e. The third-order valence-corrected chi connectivity index (χ3v) is 3.13. The monoisotopic (exact) mass is 236 g/mol. The topological polar surface area (TPSA) is 80.3 Å². The quantitative estimate of drug-likeness (QED) is 0.308. The van der Waals surface area contributed by atoms with Gasteiger partial charge in [0.2, 0.25) is 5.96 Å². The highest BCUT2D eigenvalue weighted by Gasteiger charge is 2.15. The number of nitrogens with zero attached hydrogens (tertiary/aromatic N) is 3. The van der Waals surface area contributed by atoms with E-state index in [1.165, 1.54) is 12.8 Å². The van der Waals surface area contributed by atoms with E-state index in [2.05, 4.69) is 20.8 Å². The molecule has 1 aliphatic carbocycles. The number of nitrogens with two attached hydrogens (primary N) is 1. The van der Waals surface area contributed by atoms with Gasteiger partial charge < -0.3 is 5.32 Å². The third-order valence-electron chi connectivity index (χ3n) is 3.13. The summed E-state index contributed by atoms with van der Waals surface area (Å²) in [5.41, 5.74) is 3.68. The van der Waals surface area contributed by atoms with Crippen LogP contribution in [-0.4, -0.2) is 21.8 Å². The molecule has 1 aromatic rings. The molecule has 6 heteroatoms. The first kappa shape index (κ1) is 11.9. The van der Waals surface area contributed by atoms with Crippen molar-refractivity contribution < 1.29 is 0 Å². The van der Waals surface area contributed by atoms with Gasteiger partial charge in [-0.1, -0.05) is 12.8 Å². The van der Waals surface area contributed by atoms with E-state index in [-0.39, 0.29) is 0 Å². The molecule has 0 atom stereocenters. The van der Waals surface area contributed by atoms with E-state index in [1.807, 2.05) is 24.7 Å². The maximum atomic E-state index is 5.47. The average molecular weight is 236 g/mol. The predicted molar refractivity (Wildman–Crippen MR) is 68.6 cm³/mol. The minimum atomic E-state index is 0.387. The lowest BCUT2D eigenvalue weighted by molar-refractivity contribution is 0.699. The van der Waals surface area contributed by atoms with Gasteiger partial charge in [-0.3, -0.25) is 10.1 Å². The van der Waals surface area contributed by atoms with Crippen molar-refractivity contribution in [1.29, 1.82) is 0 Å². The Hall–Kier alpha value is -1.56. The first-order valence-electron chi connectivity index (χ1n) is 6.01. The van der Waals surface area contributed by atoms with Crippen LogP contribution in [0.1, 0.15) is 31.4 Å². The molecule has 0 aromatic carbocycles. The van der Waals surface area contributed by atoms with Crippen LogP contribution in [-0.2, 0) is 7.05 Å². The van der Waals surface area contributed by atoms with Crippen LogP contribution in [0.2, 0.25) is 0 Å². The second-order valence-corrected chi connectivity index (χ2v) is 4.48. The van der Waals surface area contributed by atoms with Crippen molar-refractivity contribution in [3.05, 3.63) is 11.8 Å². The fourth-order valence-corrected chi connectivity index (χ4v) is 2.06. The highest BCUT2D eigenvalue weighted by atomic mass is 15.4. The SMILES string of the molecule is Cc1cc(NC(=NC2CCCC2)NN)nn1C. The second-order valence-electron chi connectivity index (χ2n) is 4.48. The van der Waals surface area contributed by atoms with E-state index >= 15 is 0 Å². The Morgan fingerprint density at radius 2 is 2.24 bits per heavy atom. The number of nitrogens with one attached hydrogen (secondary N) is 2. The summed E-state index contributed by atoms with van der Waals surface area (Å²) in [6.07, 6.45) is 4.81. The summed E-state index contributed by atoms with van der Waals surface area (Å²) in [6.45, 7) is 2.00. The Morgan fingerprint density at radius 1 is 1.53 bits per heavy atom. The molecule has 1 aliphatic rings. The Balaban J connectivity index is 2.03. The van der Waals surface area contributed by atoms with Crippen LogP contribution in [0.25, 0.3) is 0 Å². The van der Waals surface area contributed by atoms with Crippen molar-refractivity contribution in [2.24, 2.45) is 17.9 Å². The summed E-state index contributed by atoms with van der Waals surface area (Å²) in [7, 11) is 1.91. The molecule has 0 bridgehead atoms. The number of aromatic nitrogens is 2. The molecule has 1 heterocycles. The molecular formula is C11H20N6. The zero-order valence-electron chi connectivity index (χ0n) is 10.4. The molecule has 4 N–H and O–H groups in total. The zero-order chi connectivity index (χ0) is 12.3. The molecule has 0 radical (unpaired) electrons. The van der Waals surface area contributed by atoms with Crippen LogP contribution in [0.4, 0.5) is 5.82 Å². The minimum Gasteiger partial charge on any atom is -0.308 e. The predicted octanol–water partition coefficient (Wildman–Crippen LogP) is 0.902. The van der Waals surface area contributed by atoms with Gasteiger partial charge in [0, 0.05) is 18.8 Å². The summed E-state index contributed by atoms with van der Waals surface area (Å²) in [5.74, 6) is 6.82. The number of aryl methyl sites for hydroxylation is 2. The summed E-state index contributed by atoms with van der Waals surface area (Å²) in [5, 5.41) is 7.40. The molecule has 0 spiro atoms. The molecule has 0 amide bonds. The molecule has 94 valence electrons. The first-order chi connectivity index (χ1) is 8.19. The first-order valence-corrected chi connectivity index (χ1v) is 6.01. The Labute approximate surface area is 101 Å². The number of aliphatic imine (C=N–C) groups is 1. The van der Waals surface area contributed by atoms with E-state index < -0.39 is 0 Å². The van der Waals surface area contributed by atoms with Crippen LogP contribution in [0.5, 0.6) is 0 Å². The second kappa shape index (κ2) is 5.18. The van der Waals surface area contributed by atoms with E-state index in [4.69, 9.17) is 5.84 Å². The van der Waals surface area contributed by atoms with Gasteiger partial charge in [0.05, 0.1) is 6.04 Å². The summed E-state index contributed by atoms with van der Waals surface area (Å²) in [6, 6.07) is 2.35. The molecule has 0 unspecified atom stereocenters. The Bertz CT molecular complexity index is 383. The molecular weight excluding hydrogens is 216 g/mol. The van der Waals surface area contributed by atoms with E-state index in [0.29, 0.717) is 12.0 Å². The number of rotatable bonds is 2. The van der Waals surface area contributed by atoms with E-state index in [0.717, 1.165) is 24.4 Å². The maximum absolute atomic E-state index is 5.47. The zero-order valence-corrected chi connectivity index (χ0v) is 10.4. The molecule has 2 rings (SSSR count). The van der Waals surface area contributed by atoms with Crippen LogP contribution < -0.4 is 16.6 Å². The van der Waals surface area contributed by atoms with Gasteiger partial charge >= 0.3 is 0 Å². The number of guanidine groups is 1. The lowest BCUT2D eigenvalue weighted by Gasteiger charge is -2.09. The largest absolute Gasteiger partial charge is 0.308 e. The van der Waals surface area contributed by atoms with Crippen molar-refractivity contribution in [3.8, 4) is 0 Å². The van der Waals surface area contributed by atoms with Crippen molar-refractivity contribution in [2.75, 3.05) is 5.32 Å². The van der Waals surface area contributed by atoms with Gasteiger partial charge in [-0.25, -0.2) is 10.8 Å². The average Bonchev–Trinajstić information content (AvgIpc) is 2.89. The van der Waals surface area contributed by atoms with Gasteiger partial charge in [-0.05, 0) is 19.8 Å². The minimum absolute atomic E-state index is 0.387. The lowest BCUT2D eigenvalue weighted by Crippen LogP contribution is -2.37. The molecule has 1 aromatic heterocycles. The van der Waals surface area contributed by atoms with Gasteiger partial charge in [0.25, 0.3) is 0 Å². The lowest BCUT2D eigenvalue weighted by atomic mass is 10.3. The van der Waals surface area contributed by atoms with Gasteiger partial charge in [-0.15, -0.1) is 0 Å². The molecule has 17 heavy (non-hydrogen) atoms. The van der Waals surface area contributed by atoms with Crippen molar-refractivity contribution in [1.82, 2.24) is 15.2 Å². The fraction of sp³-hybridized carbons (Fsp3) is 0.636. The van der Waals surface area contributed by atoms with Crippen LogP contribution >= 0.6 is 0 Å². The summed E-state index contributed by atoms with van der Waals surface area (Å²) < 4.78 is 1.81. The van der Waals surface area contributed by atoms with E-state index in [1.54, 1.807) is 0 Å². The normalized spacial score (nSPS) is 17.5. The van der Waals surface area contributed by atoms with E-state index in [9.17, 15) is 0 Å². The number of hydrogen-bond acceptors (Lipinski definition) is 3. The summed E-state index contributed by atoms with van der Waals surface area (Å²) in [4.78, 5) is 4.55.